The van der Waals surface area contributed by atoms with E-state index in [-0.39, 0.29) is 0 Å². The van der Waals surface area contributed by atoms with Crippen LogP contribution in [0.5, 0.6) is 5.75 Å². The Morgan fingerprint density at radius 2 is 2.37 bits per heavy atom. The Bertz CT molecular complexity index is 557. The molecule has 5 heteroatoms. The molecule has 2 aromatic rings. The number of aromatic nitrogens is 2. The van der Waals surface area contributed by atoms with Gasteiger partial charge < -0.3 is 15.0 Å². The summed E-state index contributed by atoms with van der Waals surface area (Å²) in [6.07, 6.45) is 5.39. The summed E-state index contributed by atoms with van der Waals surface area (Å²) in [7, 11) is 1.61. The molecule has 0 unspecified atom stereocenters. The van der Waals surface area contributed by atoms with Gasteiger partial charge in [-0.05, 0) is 18.6 Å². The number of nitrogens with zero attached hydrogens (tertiary/aromatic N) is 2. The fraction of sp³-hybridized carbons (Fsp3) is 0.286. The van der Waals surface area contributed by atoms with Crippen molar-refractivity contribution >= 4 is 5.69 Å². The molecule has 0 saturated heterocycles. The Balaban J connectivity index is 1.89. The molecule has 1 heterocycles. The van der Waals surface area contributed by atoms with Gasteiger partial charge in [0.15, 0.2) is 0 Å². The molecule has 0 aliphatic heterocycles. The van der Waals surface area contributed by atoms with Gasteiger partial charge >= 0.3 is 0 Å². The van der Waals surface area contributed by atoms with Crippen molar-refractivity contribution in [2.24, 2.45) is 0 Å². The van der Waals surface area contributed by atoms with Gasteiger partial charge in [0.05, 0.1) is 18.4 Å². The summed E-state index contributed by atoms with van der Waals surface area (Å²) >= 11 is 0. The highest BCUT2D eigenvalue weighted by Crippen LogP contribution is 2.21. The van der Waals surface area contributed by atoms with Crippen LogP contribution in [0.15, 0.2) is 30.6 Å². The molecule has 5 nitrogen and oxygen atoms in total. The fourth-order valence-electron chi connectivity index (χ4n) is 1.81. The van der Waals surface area contributed by atoms with Gasteiger partial charge in [0.2, 0.25) is 0 Å². The number of ether oxygens (including phenoxy) is 1. The molecule has 0 atom stereocenters. The minimum absolute atomic E-state index is 0.624. The number of aromatic amines is 1. The summed E-state index contributed by atoms with van der Waals surface area (Å²) in [6.45, 7) is 0.780. The molecule has 0 spiro atoms. The highest BCUT2D eigenvalue weighted by Gasteiger charge is 2.03. The quantitative estimate of drug-likeness (QED) is 0.778. The third-order valence-electron chi connectivity index (χ3n) is 2.81. The lowest BCUT2D eigenvalue weighted by Gasteiger charge is -2.09. The number of imidazole rings is 1. The van der Waals surface area contributed by atoms with E-state index in [1.54, 1.807) is 25.4 Å². The van der Waals surface area contributed by atoms with E-state index in [2.05, 4.69) is 21.4 Å². The summed E-state index contributed by atoms with van der Waals surface area (Å²) in [4.78, 5) is 7.23. The summed E-state index contributed by atoms with van der Waals surface area (Å²) < 4.78 is 5.16. The van der Waals surface area contributed by atoms with Crippen LogP contribution in [0.1, 0.15) is 17.8 Å². The summed E-state index contributed by atoms with van der Waals surface area (Å²) in [5.41, 5.74) is 1.43. The molecule has 2 rings (SSSR count). The lowest BCUT2D eigenvalue weighted by atomic mass is 10.2. The van der Waals surface area contributed by atoms with Gasteiger partial charge in [-0.2, -0.15) is 5.26 Å². The second kappa shape index (κ2) is 6.45. The number of methoxy groups -OCH3 is 1. The minimum Gasteiger partial charge on any atom is -0.497 e. The molecule has 1 aromatic heterocycles. The van der Waals surface area contributed by atoms with Crippen LogP contribution in [0.25, 0.3) is 0 Å². The molecular weight excluding hydrogens is 240 g/mol. The predicted octanol–water partition coefficient (Wildman–Crippen LogP) is 2.33. The summed E-state index contributed by atoms with van der Waals surface area (Å²) in [5.74, 6) is 1.72. The van der Waals surface area contributed by atoms with Crippen molar-refractivity contribution < 1.29 is 4.74 Å². The molecule has 19 heavy (non-hydrogen) atoms. The van der Waals surface area contributed by atoms with Crippen molar-refractivity contribution in [2.75, 3.05) is 19.0 Å². The van der Waals surface area contributed by atoms with Crippen LogP contribution in [0.3, 0.4) is 0 Å². The second-order valence-corrected chi connectivity index (χ2v) is 4.09. The Kier molecular flexibility index (Phi) is 4.40. The van der Waals surface area contributed by atoms with Gasteiger partial charge in [0, 0.05) is 31.4 Å². The van der Waals surface area contributed by atoms with Crippen LogP contribution in [0, 0.1) is 11.3 Å². The molecule has 0 aliphatic carbocycles. The van der Waals surface area contributed by atoms with Gasteiger partial charge in [-0.3, -0.25) is 0 Å². The van der Waals surface area contributed by atoms with Crippen molar-refractivity contribution in [3.8, 4) is 11.8 Å². The van der Waals surface area contributed by atoms with Crippen molar-refractivity contribution in [3.05, 3.63) is 42.0 Å². The topological polar surface area (TPSA) is 73.7 Å². The largest absolute Gasteiger partial charge is 0.497 e. The van der Waals surface area contributed by atoms with E-state index in [0.717, 1.165) is 36.6 Å². The maximum Gasteiger partial charge on any atom is 0.121 e. The predicted molar refractivity (Wildman–Crippen MR) is 73.1 cm³/mol. The first-order valence-corrected chi connectivity index (χ1v) is 6.13. The Labute approximate surface area is 112 Å². The first kappa shape index (κ1) is 13.0. The second-order valence-electron chi connectivity index (χ2n) is 4.09. The van der Waals surface area contributed by atoms with Crippen LogP contribution < -0.4 is 10.1 Å². The average Bonchev–Trinajstić information content (AvgIpc) is 2.96. The van der Waals surface area contributed by atoms with Gasteiger partial charge in [-0.25, -0.2) is 4.98 Å². The molecule has 0 fully saturated rings. The summed E-state index contributed by atoms with van der Waals surface area (Å²) in [6, 6.07) is 7.55. The highest BCUT2D eigenvalue weighted by molar-refractivity contribution is 5.60. The first-order chi connectivity index (χ1) is 9.33. The van der Waals surface area contributed by atoms with Crippen molar-refractivity contribution in [3.63, 3.8) is 0 Å². The Morgan fingerprint density at radius 3 is 3.05 bits per heavy atom. The highest BCUT2D eigenvalue weighted by atomic mass is 16.5. The maximum atomic E-state index is 9.04. The van der Waals surface area contributed by atoms with Crippen molar-refractivity contribution in [2.45, 2.75) is 12.8 Å². The van der Waals surface area contributed by atoms with E-state index in [4.69, 9.17) is 10.00 Å². The average molecular weight is 256 g/mol. The zero-order valence-electron chi connectivity index (χ0n) is 10.8. The smallest absolute Gasteiger partial charge is 0.121 e. The van der Waals surface area contributed by atoms with Crippen LogP contribution in [0.4, 0.5) is 5.69 Å². The number of nitriles is 1. The van der Waals surface area contributed by atoms with Crippen LogP contribution in [-0.4, -0.2) is 23.6 Å². The van der Waals surface area contributed by atoms with Gasteiger partial charge in [-0.15, -0.1) is 0 Å². The standard InChI is InChI=1S/C14H16N4O/c1-19-12-5-4-11(10-15)13(9-12)16-6-2-3-14-17-7-8-18-14/h4-5,7-9,16H,2-3,6H2,1H3,(H,17,18). The van der Waals surface area contributed by atoms with E-state index >= 15 is 0 Å². The molecule has 0 aliphatic rings. The zero-order chi connectivity index (χ0) is 13.5. The third-order valence-corrected chi connectivity index (χ3v) is 2.81. The summed E-state index contributed by atoms with van der Waals surface area (Å²) in [5, 5.41) is 12.3. The van der Waals surface area contributed by atoms with Crippen molar-refractivity contribution in [1.82, 2.24) is 9.97 Å². The minimum atomic E-state index is 0.624. The third kappa shape index (κ3) is 3.49. The van der Waals surface area contributed by atoms with Crippen LogP contribution >= 0.6 is 0 Å². The Morgan fingerprint density at radius 1 is 1.47 bits per heavy atom. The Hall–Kier alpha value is -2.48. The van der Waals surface area contributed by atoms with E-state index in [1.165, 1.54) is 0 Å². The maximum absolute atomic E-state index is 9.04. The number of aryl methyl sites for hydroxylation is 1. The number of hydrogen-bond acceptors (Lipinski definition) is 4. The number of anilines is 1. The molecule has 0 amide bonds. The number of rotatable bonds is 6. The number of nitrogens with one attached hydrogen (secondary N) is 2. The monoisotopic (exact) mass is 256 g/mol. The molecule has 0 bridgehead atoms. The SMILES string of the molecule is COc1ccc(C#N)c(NCCCc2ncc[nH]2)c1. The zero-order valence-corrected chi connectivity index (χ0v) is 10.8. The number of benzene rings is 1. The van der Waals surface area contributed by atoms with Gasteiger partial charge in [-0.1, -0.05) is 0 Å². The van der Waals surface area contributed by atoms with E-state index in [9.17, 15) is 0 Å². The van der Waals surface area contributed by atoms with Crippen molar-refractivity contribution in [1.29, 1.82) is 5.26 Å². The van der Waals surface area contributed by atoms with E-state index < -0.39 is 0 Å². The molecule has 98 valence electrons. The number of H-pyrrole nitrogens is 1. The van der Waals surface area contributed by atoms with Crippen LogP contribution in [0.2, 0.25) is 0 Å². The first-order valence-electron chi connectivity index (χ1n) is 6.13. The van der Waals surface area contributed by atoms with Gasteiger partial charge in [0.1, 0.15) is 17.6 Å². The lowest BCUT2D eigenvalue weighted by molar-refractivity contribution is 0.415. The molecule has 0 saturated carbocycles. The normalized spacial score (nSPS) is 9.89. The van der Waals surface area contributed by atoms with E-state index in [1.807, 2.05) is 12.3 Å². The molecule has 1 aromatic carbocycles. The number of hydrogen-bond donors (Lipinski definition) is 2. The fourth-order valence-corrected chi connectivity index (χ4v) is 1.81. The molecular formula is C14H16N4O. The molecule has 2 N–H and O–H groups in total. The van der Waals surface area contributed by atoms with Gasteiger partial charge in [0.25, 0.3) is 0 Å². The molecule has 0 radical (unpaired) electrons. The van der Waals surface area contributed by atoms with E-state index in [0.29, 0.717) is 5.56 Å². The lowest BCUT2D eigenvalue weighted by Crippen LogP contribution is -2.05. The van der Waals surface area contributed by atoms with Crippen LogP contribution in [-0.2, 0) is 6.42 Å².